The maximum absolute atomic E-state index is 13.3. The predicted molar refractivity (Wildman–Crippen MR) is 125 cm³/mol. The van der Waals surface area contributed by atoms with Crippen LogP contribution in [0.15, 0.2) is 82.0 Å². The molecular weight excluding hydrogens is 404 g/mol. The van der Waals surface area contributed by atoms with Gasteiger partial charge in [0.2, 0.25) is 11.2 Å². The number of fused-ring (bicyclic) bond motifs is 1. The van der Waals surface area contributed by atoms with Gasteiger partial charge in [0.1, 0.15) is 11.3 Å². The van der Waals surface area contributed by atoms with Crippen molar-refractivity contribution in [3.63, 3.8) is 0 Å². The summed E-state index contributed by atoms with van der Waals surface area (Å²) >= 11 is 0. The number of aryl methyl sites for hydroxylation is 2. The Kier molecular flexibility index (Phi) is 5.90. The minimum atomic E-state index is -0.667. The van der Waals surface area contributed by atoms with E-state index in [1.54, 1.807) is 49.6 Å². The number of rotatable bonds is 5. The van der Waals surface area contributed by atoms with E-state index in [1.165, 1.54) is 6.08 Å². The minimum Gasteiger partial charge on any atom is -0.497 e. The van der Waals surface area contributed by atoms with Crippen LogP contribution in [0.1, 0.15) is 16.7 Å². The zero-order valence-electron chi connectivity index (χ0n) is 18.0. The molecule has 0 aliphatic carbocycles. The van der Waals surface area contributed by atoms with Gasteiger partial charge in [-0.25, -0.2) is 4.79 Å². The van der Waals surface area contributed by atoms with Gasteiger partial charge in [0, 0.05) is 11.6 Å². The SMILES string of the molecule is COc1ccc(-c2oc3ccc(C)cc3c(=O)c2OC(=O)/C=C/c2ccc(C)cc2)cc1. The Morgan fingerprint density at radius 1 is 0.906 bits per heavy atom. The first kappa shape index (κ1) is 21.1. The third kappa shape index (κ3) is 4.47. The lowest BCUT2D eigenvalue weighted by Crippen LogP contribution is -2.14. The monoisotopic (exact) mass is 426 g/mol. The van der Waals surface area contributed by atoms with Crippen LogP contribution in [0, 0.1) is 13.8 Å². The first-order valence-electron chi connectivity index (χ1n) is 10.1. The van der Waals surface area contributed by atoms with E-state index in [2.05, 4.69) is 0 Å². The van der Waals surface area contributed by atoms with Crippen LogP contribution in [0.3, 0.4) is 0 Å². The molecule has 3 aromatic carbocycles. The molecule has 0 aliphatic rings. The fourth-order valence-corrected chi connectivity index (χ4v) is 3.29. The molecule has 0 saturated carbocycles. The number of ether oxygens (including phenoxy) is 2. The second-order valence-electron chi connectivity index (χ2n) is 7.48. The molecule has 0 spiro atoms. The Morgan fingerprint density at radius 2 is 1.59 bits per heavy atom. The van der Waals surface area contributed by atoms with E-state index in [0.29, 0.717) is 22.3 Å². The molecular formula is C27H22O5. The van der Waals surface area contributed by atoms with Gasteiger partial charge in [-0.2, -0.15) is 0 Å². The maximum atomic E-state index is 13.3. The maximum Gasteiger partial charge on any atom is 0.336 e. The van der Waals surface area contributed by atoms with Crippen molar-refractivity contribution in [2.24, 2.45) is 0 Å². The van der Waals surface area contributed by atoms with Gasteiger partial charge in [-0.1, -0.05) is 41.5 Å². The zero-order valence-corrected chi connectivity index (χ0v) is 18.0. The molecule has 160 valence electrons. The zero-order chi connectivity index (χ0) is 22.7. The molecule has 4 rings (SSSR count). The van der Waals surface area contributed by atoms with Gasteiger partial charge >= 0.3 is 5.97 Å². The highest BCUT2D eigenvalue weighted by Crippen LogP contribution is 2.32. The summed E-state index contributed by atoms with van der Waals surface area (Å²) in [6.45, 7) is 3.87. The van der Waals surface area contributed by atoms with Crippen molar-refractivity contribution in [2.75, 3.05) is 7.11 Å². The van der Waals surface area contributed by atoms with E-state index in [0.717, 1.165) is 16.7 Å². The molecule has 0 bridgehead atoms. The summed E-state index contributed by atoms with van der Waals surface area (Å²) in [5.41, 5.74) is 3.48. The van der Waals surface area contributed by atoms with Gasteiger partial charge < -0.3 is 13.9 Å². The molecule has 0 N–H and O–H groups in total. The van der Waals surface area contributed by atoms with Crippen LogP contribution < -0.4 is 14.9 Å². The molecule has 0 unspecified atom stereocenters. The van der Waals surface area contributed by atoms with E-state index in [-0.39, 0.29) is 11.5 Å². The van der Waals surface area contributed by atoms with Crippen LogP contribution in [0.25, 0.3) is 28.4 Å². The predicted octanol–water partition coefficient (Wildman–Crippen LogP) is 5.70. The molecule has 0 radical (unpaired) electrons. The van der Waals surface area contributed by atoms with Gasteiger partial charge in [-0.05, 0) is 61.9 Å². The number of esters is 1. The van der Waals surface area contributed by atoms with Gasteiger partial charge in [0.15, 0.2) is 5.76 Å². The minimum absolute atomic E-state index is 0.146. The van der Waals surface area contributed by atoms with Crippen molar-refractivity contribution < 1.29 is 18.7 Å². The molecule has 0 atom stereocenters. The third-order valence-electron chi connectivity index (χ3n) is 5.05. The molecule has 32 heavy (non-hydrogen) atoms. The lowest BCUT2D eigenvalue weighted by molar-refractivity contribution is -0.129. The number of hydrogen-bond donors (Lipinski definition) is 0. The van der Waals surface area contributed by atoms with Crippen molar-refractivity contribution in [3.05, 3.63) is 99.7 Å². The summed E-state index contributed by atoms with van der Waals surface area (Å²) in [6.07, 6.45) is 2.93. The smallest absolute Gasteiger partial charge is 0.336 e. The highest BCUT2D eigenvalue weighted by molar-refractivity contribution is 5.91. The highest BCUT2D eigenvalue weighted by Gasteiger charge is 2.20. The van der Waals surface area contributed by atoms with E-state index in [4.69, 9.17) is 13.9 Å². The highest BCUT2D eigenvalue weighted by atomic mass is 16.5. The second-order valence-corrected chi connectivity index (χ2v) is 7.48. The quantitative estimate of drug-likeness (QED) is 0.302. The number of benzene rings is 3. The summed E-state index contributed by atoms with van der Waals surface area (Å²) in [6, 6.07) is 20.0. The second kappa shape index (κ2) is 8.94. The van der Waals surface area contributed by atoms with Gasteiger partial charge in [0.25, 0.3) is 0 Å². The van der Waals surface area contributed by atoms with E-state index < -0.39 is 11.4 Å². The lowest BCUT2D eigenvalue weighted by Gasteiger charge is -2.10. The fourth-order valence-electron chi connectivity index (χ4n) is 3.29. The summed E-state index contributed by atoms with van der Waals surface area (Å²) in [7, 11) is 1.57. The molecule has 0 aliphatic heterocycles. The topological polar surface area (TPSA) is 65.7 Å². The molecule has 0 saturated heterocycles. The molecule has 1 aromatic heterocycles. The summed E-state index contributed by atoms with van der Waals surface area (Å²) in [5, 5.41) is 0.354. The standard InChI is InChI=1S/C27H22O5/c1-17-4-7-19(8-5-17)9-15-24(28)32-27-25(29)22-16-18(2)6-14-23(22)31-26(27)20-10-12-21(30-3)13-11-20/h4-16H,1-3H3/b15-9+. The van der Waals surface area contributed by atoms with Crippen molar-refractivity contribution in [2.45, 2.75) is 13.8 Å². The van der Waals surface area contributed by atoms with Crippen molar-refractivity contribution in [1.29, 1.82) is 0 Å². The Bertz CT molecular complexity index is 1360. The van der Waals surface area contributed by atoms with Gasteiger partial charge in [-0.15, -0.1) is 0 Å². The first-order chi connectivity index (χ1) is 15.4. The van der Waals surface area contributed by atoms with E-state index >= 15 is 0 Å². The number of carbonyl (C=O) groups excluding carboxylic acids is 1. The molecule has 4 aromatic rings. The summed E-state index contributed by atoms with van der Waals surface area (Å²) in [5.74, 6) is 0.0321. The van der Waals surface area contributed by atoms with Crippen LogP contribution >= 0.6 is 0 Å². The Hall–Kier alpha value is -4.12. The van der Waals surface area contributed by atoms with Crippen LogP contribution in [0.5, 0.6) is 11.5 Å². The Balaban J connectivity index is 1.76. The summed E-state index contributed by atoms with van der Waals surface area (Å²) < 4.78 is 16.7. The molecule has 0 fully saturated rings. The van der Waals surface area contributed by atoms with Gasteiger partial charge in [-0.3, -0.25) is 4.79 Å². The van der Waals surface area contributed by atoms with Crippen LogP contribution in [-0.4, -0.2) is 13.1 Å². The first-order valence-corrected chi connectivity index (χ1v) is 10.1. The molecule has 0 amide bonds. The fraction of sp³-hybridized carbons (Fsp3) is 0.111. The Labute approximate surface area is 185 Å². The number of methoxy groups -OCH3 is 1. The number of carbonyl (C=O) groups is 1. The average molecular weight is 426 g/mol. The molecule has 5 nitrogen and oxygen atoms in total. The molecule has 5 heteroatoms. The number of hydrogen-bond acceptors (Lipinski definition) is 5. The summed E-state index contributed by atoms with van der Waals surface area (Å²) in [4.78, 5) is 25.8. The normalized spacial score (nSPS) is 11.1. The molecule has 1 heterocycles. The van der Waals surface area contributed by atoms with Gasteiger partial charge in [0.05, 0.1) is 12.5 Å². The van der Waals surface area contributed by atoms with Crippen molar-refractivity contribution in [3.8, 4) is 22.8 Å². The van der Waals surface area contributed by atoms with Crippen molar-refractivity contribution >= 4 is 23.0 Å². The Morgan fingerprint density at radius 3 is 2.28 bits per heavy atom. The van der Waals surface area contributed by atoms with Crippen LogP contribution in [0.4, 0.5) is 0 Å². The van der Waals surface area contributed by atoms with E-state index in [9.17, 15) is 9.59 Å². The van der Waals surface area contributed by atoms with Crippen LogP contribution in [0.2, 0.25) is 0 Å². The largest absolute Gasteiger partial charge is 0.497 e. The average Bonchev–Trinajstić information content (AvgIpc) is 2.81. The lowest BCUT2D eigenvalue weighted by atomic mass is 10.1. The van der Waals surface area contributed by atoms with Crippen molar-refractivity contribution in [1.82, 2.24) is 0 Å². The van der Waals surface area contributed by atoms with Crippen LogP contribution in [-0.2, 0) is 4.79 Å². The van der Waals surface area contributed by atoms with E-state index in [1.807, 2.05) is 44.2 Å². The third-order valence-corrected chi connectivity index (χ3v) is 5.05.